The Bertz CT molecular complexity index is 2230. The molecule has 0 spiro atoms. The Hall–Kier alpha value is -6.75. The Labute approximate surface area is 293 Å². The molecule has 2 aliphatic heterocycles. The van der Waals surface area contributed by atoms with Gasteiger partial charge in [-0.3, -0.25) is 0 Å². The van der Waals surface area contributed by atoms with Crippen molar-refractivity contribution in [3.8, 4) is 6.07 Å². The van der Waals surface area contributed by atoms with E-state index >= 15 is 0 Å². The van der Waals surface area contributed by atoms with E-state index in [1.165, 1.54) is 32.8 Å². The number of hydrogen-bond acceptors (Lipinski definition) is 3. The normalized spacial score (nSPS) is 12.6. The monoisotopic (exact) mass is 634 g/mol. The maximum absolute atomic E-state index is 10.4. The van der Waals surface area contributed by atoms with Gasteiger partial charge in [-0.2, -0.15) is 5.26 Å². The second-order valence-corrected chi connectivity index (χ2v) is 12.7. The minimum atomic E-state index is 0.0318. The molecule has 7 aromatic carbocycles. The van der Waals surface area contributed by atoms with Crippen LogP contribution < -0.4 is 42.6 Å². The first kappa shape index (κ1) is 29.4. The number of hydrogen-bond donors (Lipinski definition) is 0. The number of rotatable bonds is 4. The summed E-state index contributed by atoms with van der Waals surface area (Å²) in [5.74, 6) is 0. The predicted molar refractivity (Wildman–Crippen MR) is 209 cm³/mol. The van der Waals surface area contributed by atoms with Crippen LogP contribution in [0.2, 0.25) is 0 Å². The standard InChI is InChI=1S/C44H28B2N4/c1-48-38-29-44(50-41-26-14-10-22-36(41)46(33-18-6-3-7-19-33)37-23-11-15-27-42(37)50)43(28-31(38)30-47)49-39-24-12-8-20-34(39)45(32-16-4-2-5-17-32)35-21-9-13-25-40(35)49/h2-29H. The summed E-state index contributed by atoms with van der Waals surface area (Å²) in [6.45, 7) is 8.21. The molecule has 0 radical (unpaired) electrons. The van der Waals surface area contributed by atoms with Gasteiger partial charge in [0.05, 0.1) is 29.6 Å². The third-order valence-electron chi connectivity index (χ3n) is 10.0. The van der Waals surface area contributed by atoms with Crippen LogP contribution in [0, 0.1) is 17.9 Å². The van der Waals surface area contributed by atoms with Crippen molar-refractivity contribution in [3.63, 3.8) is 0 Å². The van der Waals surface area contributed by atoms with Gasteiger partial charge in [0.25, 0.3) is 0 Å². The molecule has 0 aliphatic carbocycles. The van der Waals surface area contributed by atoms with E-state index in [-0.39, 0.29) is 13.4 Å². The quantitative estimate of drug-likeness (QED) is 0.160. The molecule has 4 nitrogen and oxygen atoms in total. The molecule has 0 atom stereocenters. The fourth-order valence-corrected chi connectivity index (χ4v) is 7.97. The third kappa shape index (κ3) is 4.55. The van der Waals surface area contributed by atoms with E-state index in [4.69, 9.17) is 6.57 Å². The summed E-state index contributed by atoms with van der Waals surface area (Å²) in [5.41, 5.74) is 13.7. The zero-order chi connectivity index (χ0) is 33.6. The molecular weight excluding hydrogens is 606 g/mol. The minimum absolute atomic E-state index is 0.0318. The molecule has 0 amide bonds. The number of anilines is 6. The number of nitrogens with zero attached hydrogens (tertiary/aromatic N) is 4. The second kappa shape index (κ2) is 12.0. The van der Waals surface area contributed by atoms with E-state index in [1.54, 1.807) is 0 Å². The molecule has 50 heavy (non-hydrogen) atoms. The Balaban J connectivity index is 1.34. The van der Waals surface area contributed by atoms with Gasteiger partial charge in [-0.1, -0.05) is 144 Å². The summed E-state index contributed by atoms with van der Waals surface area (Å²) in [5, 5.41) is 10.4. The molecular formula is C44H28B2N4. The Morgan fingerprint density at radius 1 is 0.440 bits per heavy atom. The van der Waals surface area contributed by atoms with Crippen LogP contribution in [0.4, 0.5) is 39.8 Å². The zero-order valence-corrected chi connectivity index (χ0v) is 27.1. The van der Waals surface area contributed by atoms with Crippen LogP contribution in [0.3, 0.4) is 0 Å². The van der Waals surface area contributed by atoms with E-state index in [1.807, 2.05) is 12.1 Å². The van der Waals surface area contributed by atoms with E-state index in [2.05, 4.69) is 178 Å². The van der Waals surface area contributed by atoms with Crippen LogP contribution in [-0.4, -0.2) is 13.4 Å². The summed E-state index contributed by atoms with van der Waals surface area (Å²) in [4.78, 5) is 8.47. The predicted octanol–water partition coefficient (Wildman–Crippen LogP) is 6.71. The van der Waals surface area contributed by atoms with Crippen molar-refractivity contribution in [1.29, 1.82) is 5.26 Å². The van der Waals surface area contributed by atoms with Gasteiger partial charge in [0.2, 0.25) is 19.1 Å². The van der Waals surface area contributed by atoms with Gasteiger partial charge in [-0.25, -0.2) is 4.85 Å². The lowest BCUT2D eigenvalue weighted by atomic mass is 9.35. The van der Waals surface area contributed by atoms with Gasteiger partial charge < -0.3 is 9.80 Å². The first-order valence-corrected chi connectivity index (χ1v) is 16.8. The molecule has 2 aliphatic rings. The number of fused-ring (bicyclic) bond motifs is 4. The minimum Gasteiger partial charge on any atom is -0.311 e. The van der Waals surface area contributed by atoms with Crippen molar-refractivity contribution < 1.29 is 0 Å². The molecule has 0 aromatic heterocycles. The van der Waals surface area contributed by atoms with Gasteiger partial charge >= 0.3 is 0 Å². The molecule has 6 heteroatoms. The Morgan fingerprint density at radius 3 is 1.14 bits per heavy atom. The molecule has 0 bridgehead atoms. The first-order valence-electron chi connectivity index (χ1n) is 16.8. The SMILES string of the molecule is [C-]#[N+]c1cc(N2c3ccccc3B(c3ccccc3)c3ccccc32)c(N2c3ccccc3B(c3ccccc3)c3ccccc32)cc1C#N. The lowest BCUT2D eigenvalue weighted by molar-refractivity contribution is 1.23. The van der Waals surface area contributed by atoms with Crippen molar-refractivity contribution in [2.75, 3.05) is 9.80 Å². The molecule has 0 fully saturated rings. The van der Waals surface area contributed by atoms with E-state index in [0.717, 1.165) is 34.1 Å². The van der Waals surface area contributed by atoms with Gasteiger partial charge in [0.1, 0.15) is 0 Å². The largest absolute Gasteiger partial charge is 0.311 e. The molecule has 0 N–H and O–H groups in total. The second-order valence-electron chi connectivity index (χ2n) is 12.7. The van der Waals surface area contributed by atoms with Crippen LogP contribution in [0.25, 0.3) is 4.85 Å². The average Bonchev–Trinajstić information content (AvgIpc) is 3.19. The summed E-state index contributed by atoms with van der Waals surface area (Å²) < 4.78 is 0. The number of benzene rings is 7. The first-order chi connectivity index (χ1) is 24.8. The highest BCUT2D eigenvalue weighted by Crippen LogP contribution is 2.48. The Morgan fingerprint density at radius 2 is 0.780 bits per heavy atom. The van der Waals surface area contributed by atoms with Crippen molar-refractivity contribution in [3.05, 3.63) is 187 Å². The van der Waals surface area contributed by atoms with E-state index in [0.29, 0.717) is 11.3 Å². The molecule has 0 unspecified atom stereocenters. The topological polar surface area (TPSA) is 34.6 Å². The van der Waals surface area contributed by atoms with Crippen molar-refractivity contribution in [1.82, 2.24) is 0 Å². The van der Waals surface area contributed by atoms with Gasteiger partial charge in [-0.05, 0) is 58.2 Å². The van der Waals surface area contributed by atoms with Crippen LogP contribution in [0.5, 0.6) is 0 Å². The van der Waals surface area contributed by atoms with Crippen molar-refractivity contribution in [2.45, 2.75) is 0 Å². The van der Waals surface area contributed by atoms with Crippen LogP contribution >= 0.6 is 0 Å². The zero-order valence-electron chi connectivity index (χ0n) is 27.1. The van der Waals surface area contributed by atoms with Crippen LogP contribution in [0.1, 0.15) is 5.56 Å². The molecule has 0 saturated carbocycles. The third-order valence-corrected chi connectivity index (χ3v) is 10.0. The van der Waals surface area contributed by atoms with E-state index in [9.17, 15) is 5.26 Å². The van der Waals surface area contributed by atoms with Crippen LogP contribution in [-0.2, 0) is 0 Å². The maximum atomic E-state index is 10.4. The van der Waals surface area contributed by atoms with Crippen LogP contribution in [0.15, 0.2) is 170 Å². The molecule has 0 saturated heterocycles. The summed E-state index contributed by atoms with van der Waals surface area (Å²) >= 11 is 0. The maximum Gasteiger partial charge on any atom is 0.246 e. The van der Waals surface area contributed by atoms with Gasteiger partial charge in [0, 0.05) is 22.7 Å². The molecule has 9 rings (SSSR count). The van der Waals surface area contributed by atoms with Gasteiger partial charge in [0.15, 0.2) is 0 Å². The van der Waals surface area contributed by atoms with Crippen molar-refractivity contribution >= 4 is 86.0 Å². The highest BCUT2D eigenvalue weighted by atomic mass is 15.2. The van der Waals surface area contributed by atoms with Gasteiger partial charge in [-0.15, -0.1) is 0 Å². The van der Waals surface area contributed by atoms with E-state index < -0.39 is 0 Å². The smallest absolute Gasteiger partial charge is 0.246 e. The van der Waals surface area contributed by atoms with Crippen molar-refractivity contribution in [2.24, 2.45) is 0 Å². The fourth-order valence-electron chi connectivity index (χ4n) is 7.97. The Kier molecular flexibility index (Phi) is 7.08. The summed E-state index contributed by atoms with van der Waals surface area (Å²) in [6, 6.07) is 61.7. The average molecular weight is 634 g/mol. The highest BCUT2D eigenvalue weighted by molar-refractivity contribution is 6.98. The molecule has 230 valence electrons. The fraction of sp³-hybridized carbons (Fsp3) is 0. The summed E-state index contributed by atoms with van der Waals surface area (Å²) in [7, 11) is 0. The molecule has 2 heterocycles. The lowest BCUT2D eigenvalue weighted by Gasteiger charge is -2.42. The lowest BCUT2D eigenvalue weighted by Crippen LogP contribution is -2.57. The molecule has 7 aromatic rings. The number of para-hydroxylation sites is 4. The summed E-state index contributed by atoms with van der Waals surface area (Å²) in [6.07, 6.45) is 0. The highest BCUT2D eigenvalue weighted by Gasteiger charge is 2.39. The number of nitriles is 1.